The van der Waals surface area contributed by atoms with Gasteiger partial charge < -0.3 is 9.84 Å². The summed E-state index contributed by atoms with van der Waals surface area (Å²) in [6, 6.07) is 1.64. The molecule has 1 rings (SSSR count). The van der Waals surface area contributed by atoms with E-state index < -0.39 is 0 Å². The summed E-state index contributed by atoms with van der Waals surface area (Å²) in [4.78, 5) is 4.00. The highest BCUT2D eigenvalue weighted by Crippen LogP contribution is 2.22. The summed E-state index contributed by atoms with van der Waals surface area (Å²) in [5, 5.41) is 9.27. The van der Waals surface area contributed by atoms with Crippen LogP contribution in [0.25, 0.3) is 0 Å². The van der Waals surface area contributed by atoms with Crippen LogP contribution in [0.4, 0.5) is 0 Å². The Bertz CT molecular complexity index is 352. The molecule has 0 saturated carbocycles. The third-order valence-corrected chi connectivity index (χ3v) is 2.09. The molecule has 0 unspecified atom stereocenters. The molecule has 0 radical (unpaired) electrons. The zero-order chi connectivity index (χ0) is 11.3. The van der Waals surface area contributed by atoms with E-state index in [1.165, 1.54) is 0 Å². The fraction of sp³-hybridized carbons (Fsp3) is 0.364. The molecule has 0 aromatic carbocycles. The predicted octanol–water partition coefficient (Wildman–Crippen LogP) is 2.57. The van der Waals surface area contributed by atoms with Crippen molar-refractivity contribution in [1.29, 1.82) is 0 Å². The van der Waals surface area contributed by atoms with E-state index in [2.05, 4.69) is 11.6 Å². The molecule has 0 atom stereocenters. The Morgan fingerprint density at radius 2 is 2.40 bits per heavy atom. The molecule has 3 nitrogen and oxygen atoms in total. The van der Waals surface area contributed by atoms with E-state index in [0.717, 1.165) is 12.0 Å². The first kappa shape index (κ1) is 12.0. The summed E-state index contributed by atoms with van der Waals surface area (Å²) in [6.45, 7) is 6.15. The van der Waals surface area contributed by atoms with Gasteiger partial charge in [0.25, 0.3) is 0 Å². The second-order valence-electron chi connectivity index (χ2n) is 3.34. The standard InChI is InChI=1S/C11H14ClNO2/c1-8(2)3-4-15-11-10(12)5-9(7-14)6-13-11/h5-6,14H,1,3-4,7H2,2H3. The molecule has 82 valence electrons. The molecular formula is C11H14ClNO2. The first-order valence-corrected chi connectivity index (χ1v) is 5.03. The van der Waals surface area contributed by atoms with E-state index in [4.69, 9.17) is 21.4 Å². The van der Waals surface area contributed by atoms with Gasteiger partial charge in [-0.05, 0) is 18.6 Å². The minimum Gasteiger partial charge on any atom is -0.476 e. The van der Waals surface area contributed by atoms with Gasteiger partial charge in [-0.15, -0.1) is 6.58 Å². The Kier molecular flexibility index (Phi) is 4.59. The van der Waals surface area contributed by atoms with Gasteiger partial charge in [0.05, 0.1) is 13.2 Å². The maximum absolute atomic E-state index is 8.85. The van der Waals surface area contributed by atoms with Gasteiger partial charge in [0.2, 0.25) is 5.88 Å². The molecule has 4 heteroatoms. The third-order valence-electron chi connectivity index (χ3n) is 1.81. The molecule has 1 N–H and O–H groups in total. The van der Waals surface area contributed by atoms with Crippen LogP contribution in [0.2, 0.25) is 5.02 Å². The van der Waals surface area contributed by atoms with Gasteiger partial charge in [-0.3, -0.25) is 0 Å². The fourth-order valence-corrected chi connectivity index (χ4v) is 1.22. The summed E-state index contributed by atoms with van der Waals surface area (Å²) < 4.78 is 5.36. The lowest BCUT2D eigenvalue weighted by atomic mass is 10.3. The first-order valence-electron chi connectivity index (χ1n) is 4.66. The van der Waals surface area contributed by atoms with E-state index in [1.54, 1.807) is 12.3 Å². The Morgan fingerprint density at radius 1 is 1.67 bits per heavy atom. The molecule has 1 aromatic rings. The second-order valence-corrected chi connectivity index (χ2v) is 3.75. The van der Waals surface area contributed by atoms with Crippen LogP contribution >= 0.6 is 11.6 Å². The molecule has 0 fully saturated rings. The lowest BCUT2D eigenvalue weighted by Gasteiger charge is -2.07. The average molecular weight is 228 g/mol. The van der Waals surface area contributed by atoms with Crippen LogP contribution in [0.5, 0.6) is 5.88 Å². The molecule has 15 heavy (non-hydrogen) atoms. The summed E-state index contributed by atoms with van der Waals surface area (Å²) in [5.74, 6) is 0.398. The maximum Gasteiger partial charge on any atom is 0.232 e. The largest absolute Gasteiger partial charge is 0.476 e. The molecular weight excluding hydrogens is 214 g/mol. The molecule has 1 aromatic heterocycles. The normalized spacial score (nSPS) is 10.1. The molecule has 0 spiro atoms. The van der Waals surface area contributed by atoms with E-state index in [9.17, 15) is 0 Å². The van der Waals surface area contributed by atoms with Crippen molar-refractivity contribution in [3.63, 3.8) is 0 Å². The zero-order valence-corrected chi connectivity index (χ0v) is 9.42. The molecule has 0 aliphatic carbocycles. The lowest BCUT2D eigenvalue weighted by Crippen LogP contribution is -2.00. The second kappa shape index (κ2) is 5.73. The molecule has 1 heterocycles. The summed E-state index contributed by atoms with van der Waals surface area (Å²) in [5.41, 5.74) is 1.73. The van der Waals surface area contributed by atoms with Crippen molar-refractivity contribution >= 4 is 11.6 Å². The number of hydrogen-bond acceptors (Lipinski definition) is 3. The smallest absolute Gasteiger partial charge is 0.232 e. The van der Waals surface area contributed by atoms with Crippen molar-refractivity contribution in [2.45, 2.75) is 20.0 Å². The summed E-state index contributed by atoms with van der Waals surface area (Å²) >= 11 is 5.90. The van der Waals surface area contributed by atoms with Crippen molar-refractivity contribution in [3.8, 4) is 5.88 Å². The third kappa shape index (κ3) is 3.90. The topological polar surface area (TPSA) is 42.4 Å². The van der Waals surface area contributed by atoms with Crippen molar-refractivity contribution in [2.24, 2.45) is 0 Å². The quantitative estimate of drug-likeness (QED) is 0.787. The summed E-state index contributed by atoms with van der Waals surface area (Å²) in [6.07, 6.45) is 2.32. The number of aliphatic hydroxyl groups is 1. The Hall–Kier alpha value is -1.06. The van der Waals surface area contributed by atoms with Crippen LogP contribution in [0.1, 0.15) is 18.9 Å². The minimum absolute atomic E-state index is 0.0707. The van der Waals surface area contributed by atoms with Crippen LogP contribution in [0.3, 0.4) is 0 Å². The van der Waals surface area contributed by atoms with Gasteiger partial charge in [0.1, 0.15) is 5.02 Å². The van der Waals surface area contributed by atoms with Crippen LogP contribution in [0, 0.1) is 0 Å². The number of rotatable bonds is 5. The fourth-order valence-electron chi connectivity index (χ4n) is 0.980. The lowest BCUT2D eigenvalue weighted by molar-refractivity contribution is 0.279. The molecule has 0 bridgehead atoms. The SMILES string of the molecule is C=C(C)CCOc1ncc(CO)cc1Cl. The average Bonchev–Trinajstić information content (AvgIpc) is 2.20. The number of aliphatic hydroxyl groups excluding tert-OH is 1. The molecule has 0 saturated heterocycles. The van der Waals surface area contributed by atoms with Crippen LogP contribution in [0.15, 0.2) is 24.4 Å². The molecule has 0 aliphatic heterocycles. The van der Waals surface area contributed by atoms with Gasteiger partial charge in [0.15, 0.2) is 0 Å². The highest BCUT2D eigenvalue weighted by Gasteiger charge is 2.04. The first-order chi connectivity index (χ1) is 7.13. The number of nitrogens with zero attached hydrogens (tertiary/aromatic N) is 1. The van der Waals surface area contributed by atoms with Gasteiger partial charge in [-0.2, -0.15) is 0 Å². The van der Waals surface area contributed by atoms with Gasteiger partial charge in [-0.25, -0.2) is 4.98 Å². The van der Waals surface area contributed by atoms with Crippen LogP contribution < -0.4 is 4.74 Å². The minimum atomic E-state index is -0.0707. The van der Waals surface area contributed by atoms with Crippen molar-refractivity contribution < 1.29 is 9.84 Å². The zero-order valence-electron chi connectivity index (χ0n) is 8.66. The predicted molar refractivity (Wildman–Crippen MR) is 60.1 cm³/mol. The van der Waals surface area contributed by atoms with Crippen molar-refractivity contribution in [2.75, 3.05) is 6.61 Å². The van der Waals surface area contributed by atoms with Crippen LogP contribution in [-0.4, -0.2) is 16.7 Å². The van der Waals surface area contributed by atoms with Gasteiger partial charge >= 0.3 is 0 Å². The number of ether oxygens (including phenoxy) is 1. The van der Waals surface area contributed by atoms with E-state index in [1.807, 2.05) is 6.92 Å². The number of halogens is 1. The van der Waals surface area contributed by atoms with E-state index >= 15 is 0 Å². The Morgan fingerprint density at radius 3 is 2.93 bits per heavy atom. The van der Waals surface area contributed by atoms with Crippen molar-refractivity contribution in [1.82, 2.24) is 4.98 Å². The van der Waals surface area contributed by atoms with E-state index in [0.29, 0.717) is 23.1 Å². The highest BCUT2D eigenvalue weighted by atomic mass is 35.5. The number of pyridine rings is 1. The monoisotopic (exact) mass is 227 g/mol. The number of hydrogen-bond donors (Lipinski definition) is 1. The van der Waals surface area contributed by atoms with Crippen LogP contribution in [-0.2, 0) is 6.61 Å². The Balaban J connectivity index is 2.58. The van der Waals surface area contributed by atoms with Gasteiger partial charge in [0, 0.05) is 12.6 Å². The van der Waals surface area contributed by atoms with Crippen molar-refractivity contribution in [3.05, 3.63) is 35.0 Å². The van der Waals surface area contributed by atoms with E-state index in [-0.39, 0.29) is 6.61 Å². The molecule has 0 amide bonds. The highest BCUT2D eigenvalue weighted by molar-refractivity contribution is 6.31. The maximum atomic E-state index is 8.85. The summed E-state index contributed by atoms with van der Waals surface area (Å²) in [7, 11) is 0. The number of aromatic nitrogens is 1. The van der Waals surface area contributed by atoms with Gasteiger partial charge in [-0.1, -0.05) is 17.2 Å². The molecule has 0 aliphatic rings. The Labute approximate surface area is 94.4 Å².